The Labute approximate surface area is 88.1 Å². The van der Waals surface area contributed by atoms with Crippen molar-refractivity contribution in [1.82, 2.24) is 0 Å². The van der Waals surface area contributed by atoms with Crippen LogP contribution in [0.4, 0.5) is 4.39 Å². The van der Waals surface area contributed by atoms with Gasteiger partial charge in [0.05, 0.1) is 0 Å². The van der Waals surface area contributed by atoms with Crippen molar-refractivity contribution in [1.29, 1.82) is 0 Å². The second-order valence-corrected chi connectivity index (χ2v) is 3.16. The average Bonchev–Trinajstić information content (AvgIpc) is 2.15. The number of hydrogen-bond acceptors (Lipinski definition) is 1. The number of hydrogen-bond donors (Lipinski definition) is 0. The molecule has 14 heavy (non-hydrogen) atoms. The number of ether oxygens (including phenoxy) is 1. The molecule has 1 rings (SSSR count). The van der Waals surface area contributed by atoms with Gasteiger partial charge < -0.3 is 4.74 Å². The second kappa shape index (κ2) is 5.66. The topological polar surface area (TPSA) is 9.23 Å². The van der Waals surface area contributed by atoms with E-state index in [2.05, 4.69) is 0 Å². The van der Waals surface area contributed by atoms with Gasteiger partial charge in [0.15, 0.2) is 0 Å². The van der Waals surface area contributed by atoms with Crippen LogP contribution >= 0.6 is 11.6 Å². The maximum atomic E-state index is 12.7. The zero-order valence-corrected chi connectivity index (χ0v) is 8.72. The van der Waals surface area contributed by atoms with E-state index in [9.17, 15) is 4.39 Å². The van der Waals surface area contributed by atoms with Crippen molar-refractivity contribution in [3.8, 4) is 5.75 Å². The molecule has 1 aromatic rings. The Morgan fingerprint density at radius 1 is 1.43 bits per heavy atom. The zero-order chi connectivity index (χ0) is 10.4. The Hall–Kier alpha value is -1.02. The number of rotatable bonds is 4. The van der Waals surface area contributed by atoms with Gasteiger partial charge in [-0.15, -0.1) is 11.6 Å². The Bertz CT molecular complexity index is 323. The molecule has 0 atom stereocenters. The molecule has 0 fully saturated rings. The smallest absolute Gasteiger partial charge is 0.123 e. The standard InChI is InChI=1S/C11H12ClFO/c1-9-8-10(13)4-5-11(9)14-7-3-2-6-12/h2-5,8H,6-7H2,1H3/b3-2+. The number of halogens is 2. The van der Waals surface area contributed by atoms with Crippen molar-refractivity contribution in [2.45, 2.75) is 6.92 Å². The highest BCUT2D eigenvalue weighted by Crippen LogP contribution is 2.18. The third-order valence-electron chi connectivity index (χ3n) is 1.73. The minimum atomic E-state index is -0.244. The molecule has 3 heteroatoms. The lowest BCUT2D eigenvalue weighted by Gasteiger charge is -2.06. The number of alkyl halides is 1. The summed E-state index contributed by atoms with van der Waals surface area (Å²) in [6, 6.07) is 4.45. The van der Waals surface area contributed by atoms with Crippen molar-refractivity contribution in [3.05, 3.63) is 41.7 Å². The highest BCUT2D eigenvalue weighted by atomic mass is 35.5. The van der Waals surface area contributed by atoms with Gasteiger partial charge in [0.2, 0.25) is 0 Å². The summed E-state index contributed by atoms with van der Waals surface area (Å²) in [5, 5.41) is 0. The first-order chi connectivity index (χ1) is 6.74. The van der Waals surface area contributed by atoms with E-state index in [4.69, 9.17) is 16.3 Å². The molecule has 0 saturated carbocycles. The van der Waals surface area contributed by atoms with Crippen LogP contribution in [0.1, 0.15) is 5.56 Å². The fourth-order valence-corrected chi connectivity index (χ4v) is 1.17. The Morgan fingerprint density at radius 3 is 2.86 bits per heavy atom. The fourth-order valence-electron chi connectivity index (χ4n) is 1.04. The van der Waals surface area contributed by atoms with Gasteiger partial charge in [-0.1, -0.05) is 12.2 Å². The molecule has 0 unspecified atom stereocenters. The van der Waals surface area contributed by atoms with Crippen LogP contribution in [-0.2, 0) is 0 Å². The molecule has 0 spiro atoms. The Balaban J connectivity index is 2.55. The van der Waals surface area contributed by atoms with Gasteiger partial charge in [-0.25, -0.2) is 4.39 Å². The summed E-state index contributed by atoms with van der Waals surface area (Å²) < 4.78 is 18.1. The van der Waals surface area contributed by atoms with Crippen LogP contribution < -0.4 is 4.74 Å². The first kappa shape index (κ1) is 11.1. The normalized spacial score (nSPS) is 10.8. The maximum Gasteiger partial charge on any atom is 0.123 e. The summed E-state index contributed by atoms with van der Waals surface area (Å²) in [6.45, 7) is 2.27. The summed E-state index contributed by atoms with van der Waals surface area (Å²) in [7, 11) is 0. The van der Waals surface area contributed by atoms with Gasteiger partial charge in [0.25, 0.3) is 0 Å². The van der Waals surface area contributed by atoms with Gasteiger partial charge in [-0.05, 0) is 30.7 Å². The number of aryl methyl sites for hydroxylation is 1. The van der Waals surface area contributed by atoms with Gasteiger partial charge in [0, 0.05) is 5.88 Å². The summed E-state index contributed by atoms with van der Waals surface area (Å²) in [5.74, 6) is 0.933. The monoisotopic (exact) mass is 214 g/mol. The molecule has 1 nitrogen and oxygen atoms in total. The van der Waals surface area contributed by atoms with Crippen molar-refractivity contribution < 1.29 is 9.13 Å². The van der Waals surface area contributed by atoms with Crippen LogP contribution in [0.25, 0.3) is 0 Å². The molecule has 0 aromatic heterocycles. The van der Waals surface area contributed by atoms with Crippen molar-refractivity contribution in [2.75, 3.05) is 12.5 Å². The van der Waals surface area contributed by atoms with Gasteiger partial charge in [0.1, 0.15) is 18.2 Å². The van der Waals surface area contributed by atoms with E-state index in [1.165, 1.54) is 12.1 Å². The predicted molar refractivity (Wildman–Crippen MR) is 56.5 cm³/mol. The number of benzene rings is 1. The van der Waals surface area contributed by atoms with Crippen LogP contribution in [0.3, 0.4) is 0 Å². The Morgan fingerprint density at radius 2 is 2.21 bits per heavy atom. The third kappa shape index (κ3) is 3.38. The predicted octanol–water partition coefficient (Wildman–Crippen LogP) is 3.31. The van der Waals surface area contributed by atoms with Crippen molar-refractivity contribution in [3.63, 3.8) is 0 Å². The summed E-state index contributed by atoms with van der Waals surface area (Å²) in [5.41, 5.74) is 0.796. The van der Waals surface area contributed by atoms with Crippen LogP contribution in [0, 0.1) is 12.7 Å². The highest BCUT2D eigenvalue weighted by molar-refractivity contribution is 6.18. The first-order valence-corrected chi connectivity index (χ1v) is 4.87. The summed E-state index contributed by atoms with van der Waals surface area (Å²) >= 11 is 5.44. The van der Waals surface area contributed by atoms with E-state index < -0.39 is 0 Å². The van der Waals surface area contributed by atoms with Crippen molar-refractivity contribution in [2.24, 2.45) is 0 Å². The largest absolute Gasteiger partial charge is 0.489 e. The molecule has 1 aromatic carbocycles. The maximum absolute atomic E-state index is 12.7. The molecule has 76 valence electrons. The molecule has 0 amide bonds. The quantitative estimate of drug-likeness (QED) is 0.552. The second-order valence-electron chi connectivity index (χ2n) is 2.85. The van der Waals surface area contributed by atoms with E-state index in [0.29, 0.717) is 18.2 Å². The zero-order valence-electron chi connectivity index (χ0n) is 7.97. The molecule has 0 aliphatic rings. The van der Waals surface area contributed by atoms with Crippen molar-refractivity contribution >= 4 is 11.6 Å². The molecular weight excluding hydrogens is 203 g/mol. The number of allylic oxidation sites excluding steroid dienone is 1. The molecule has 0 N–H and O–H groups in total. The van der Waals surface area contributed by atoms with Crippen LogP contribution in [-0.4, -0.2) is 12.5 Å². The molecule has 0 aliphatic carbocycles. The van der Waals surface area contributed by atoms with E-state index >= 15 is 0 Å². The molecule has 0 aliphatic heterocycles. The van der Waals surface area contributed by atoms with Gasteiger partial charge in [-0.3, -0.25) is 0 Å². The van der Waals surface area contributed by atoms with Crippen LogP contribution in [0.5, 0.6) is 5.75 Å². The molecule has 0 heterocycles. The molecule has 0 bridgehead atoms. The first-order valence-electron chi connectivity index (χ1n) is 4.34. The van der Waals surface area contributed by atoms with E-state index in [0.717, 1.165) is 5.56 Å². The summed E-state index contributed by atoms with van der Waals surface area (Å²) in [6.07, 6.45) is 3.64. The average molecular weight is 215 g/mol. The Kier molecular flexibility index (Phi) is 4.47. The molecule has 0 radical (unpaired) electrons. The SMILES string of the molecule is Cc1cc(F)ccc1OC/C=C/CCl. The van der Waals surface area contributed by atoms with Crippen LogP contribution in [0.15, 0.2) is 30.4 Å². The lowest BCUT2D eigenvalue weighted by atomic mass is 10.2. The fraction of sp³-hybridized carbons (Fsp3) is 0.273. The minimum absolute atomic E-state index is 0.244. The van der Waals surface area contributed by atoms with E-state index in [1.54, 1.807) is 12.1 Å². The van der Waals surface area contributed by atoms with Gasteiger partial charge in [-0.2, -0.15) is 0 Å². The summed E-state index contributed by atoms with van der Waals surface area (Å²) in [4.78, 5) is 0. The van der Waals surface area contributed by atoms with E-state index in [-0.39, 0.29) is 5.82 Å². The molecular formula is C11H12ClFO. The van der Waals surface area contributed by atoms with E-state index in [1.807, 2.05) is 13.0 Å². The van der Waals surface area contributed by atoms with Gasteiger partial charge >= 0.3 is 0 Å². The third-order valence-corrected chi connectivity index (χ3v) is 1.91. The minimum Gasteiger partial charge on any atom is -0.489 e. The lowest BCUT2D eigenvalue weighted by molar-refractivity contribution is 0.359. The van der Waals surface area contributed by atoms with Crippen LogP contribution in [0.2, 0.25) is 0 Å². The molecule has 0 saturated heterocycles. The highest BCUT2D eigenvalue weighted by Gasteiger charge is 1.99. The lowest BCUT2D eigenvalue weighted by Crippen LogP contribution is -1.95.